The van der Waals surface area contributed by atoms with Crippen LogP contribution in [0.4, 0.5) is 9.59 Å². The minimum atomic E-state index is -0.457. The van der Waals surface area contributed by atoms with Gasteiger partial charge < -0.3 is 29.2 Å². The second-order valence-electron chi connectivity index (χ2n) is 6.84. The zero-order chi connectivity index (χ0) is 18.6. The molecule has 1 unspecified atom stereocenters. The molecule has 10 nitrogen and oxygen atoms in total. The van der Waals surface area contributed by atoms with Crippen LogP contribution in [-0.4, -0.2) is 82.7 Å². The SMILES string of the molecule is COCCn1cnnc1CNC(=O)N1CCCC2(CC1)CN(C)C(=O)O2. The minimum Gasteiger partial charge on any atom is -0.441 e. The van der Waals surface area contributed by atoms with Gasteiger partial charge in [-0.2, -0.15) is 0 Å². The van der Waals surface area contributed by atoms with Crippen molar-refractivity contribution in [3.05, 3.63) is 12.2 Å². The summed E-state index contributed by atoms with van der Waals surface area (Å²) in [4.78, 5) is 27.6. The molecule has 1 aromatic heterocycles. The Morgan fingerprint density at radius 1 is 1.42 bits per heavy atom. The summed E-state index contributed by atoms with van der Waals surface area (Å²) in [5.41, 5.74) is -0.457. The lowest BCUT2D eigenvalue weighted by Gasteiger charge is -2.25. The zero-order valence-electron chi connectivity index (χ0n) is 15.3. The molecule has 1 atom stereocenters. The number of likely N-dealkylation sites (tertiary alicyclic amines) is 1. The molecule has 2 saturated heterocycles. The smallest absolute Gasteiger partial charge is 0.410 e. The van der Waals surface area contributed by atoms with Crippen LogP contribution in [0.2, 0.25) is 0 Å². The Balaban J connectivity index is 1.51. The second kappa shape index (κ2) is 7.90. The topological polar surface area (TPSA) is 102 Å². The molecule has 2 fully saturated rings. The van der Waals surface area contributed by atoms with Gasteiger partial charge in [-0.05, 0) is 12.8 Å². The van der Waals surface area contributed by atoms with Gasteiger partial charge in [-0.25, -0.2) is 9.59 Å². The van der Waals surface area contributed by atoms with Crippen molar-refractivity contribution in [2.24, 2.45) is 0 Å². The van der Waals surface area contributed by atoms with E-state index in [4.69, 9.17) is 9.47 Å². The van der Waals surface area contributed by atoms with E-state index in [1.54, 1.807) is 30.3 Å². The number of amides is 3. The standard InChI is InChI=1S/C16H26N6O4/c1-20-11-16(26-15(20)24)4-3-6-21(7-5-16)14(23)17-10-13-19-18-12-22(13)8-9-25-2/h12H,3-11H2,1-2H3,(H,17,23). The van der Waals surface area contributed by atoms with Crippen molar-refractivity contribution in [2.45, 2.75) is 38.0 Å². The minimum absolute atomic E-state index is 0.138. The molecular formula is C16H26N6O4. The molecule has 3 rings (SSSR count). The molecule has 3 amide bonds. The molecule has 2 aliphatic heterocycles. The van der Waals surface area contributed by atoms with Gasteiger partial charge in [0, 0.05) is 40.2 Å². The van der Waals surface area contributed by atoms with Gasteiger partial charge in [-0.3, -0.25) is 0 Å². The number of urea groups is 1. The average molecular weight is 366 g/mol. The molecule has 3 heterocycles. The highest BCUT2D eigenvalue weighted by molar-refractivity contribution is 5.74. The van der Waals surface area contributed by atoms with Crippen molar-refractivity contribution in [3.63, 3.8) is 0 Å². The fourth-order valence-corrected chi connectivity index (χ4v) is 3.48. The summed E-state index contributed by atoms with van der Waals surface area (Å²) in [7, 11) is 3.38. The highest BCUT2D eigenvalue weighted by atomic mass is 16.6. The van der Waals surface area contributed by atoms with Crippen LogP contribution in [0.25, 0.3) is 0 Å². The van der Waals surface area contributed by atoms with Crippen molar-refractivity contribution in [2.75, 3.05) is 40.4 Å². The molecule has 0 bridgehead atoms. The fraction of sp³-hybridized carbons (Fsp3) is 0.750. The van der Waals surface area contributed by atoms with Gasteiger partial charge in [-0.1, -0.05) is 0 Å². The first-order valence-corrected chi connectivity index (χ1v) is 8.85. The first-order chi connectivity index (χ1) is 12.5. The summed E-state index contributed by atoms with van der Waals surface area (Å²) in [6.45, 7) is 3.29. The lowest BCUT2D eigenvalue weighted by atomic mass is 9.95. The molecule has 0 aromatic carbocycles. The van der Waals surface area contributed by atoms with Gasteiger partial charge in [0.05, 0.1) is 19.7 Å². The Bertz CT molecular complexity index is 650. The van der Waals surface area contributed by atoms with Crippen molar-refractivity contribution in [1.29, 1.82) is 0 Å². The van der Waals surface area contributed by atoms with Gasteiger partial charge in [0.25, 0.3) is 0 Å². The summed E-state index contributed by atoms with van der Waals surface area (Å²) in [5.74, 6) is 0.688. The molecule has 26 heavy (non-hydrogen) atoms. The highest BCUT2D eigenvalue weighted by Crippen LogP contribution is 2.32. The quantitative estimate of drug-likeness (QED) is 0.811. The molecule has 2 aliphatic rings. The van der Waals surface area contributed by atoms with Crippen molar-refractivity contribution in [1.82, 2.24) is 29.9 Å². The highest BCUT2D eigenvalue weighted by Gasteiger charge is 2.44. The van der Waals surface area contributed by atoms with Gasteiger partial charge in [0.1, 0.15) is 11.9 Å². The van der Waals surface area contributed by atoms with Crippen LogP contribution in [0.15, 0.2) is 6.33 Å². The number of rotatable bonds is 5. The maximum Gasteiger partial charge on any atom is 0.410 e. The monoisotopic (exact) mass is 366 g/mol. The number of nitrogens with one attached hydrogen (secondary N) is 1. The van der Waals surface area contributed by atoms with Crippen LogP contribution < -0.4 is 5.32 Å². The lowest BCUT2D eigenvalue weighted by Crippen LogP contribution is -2.41. The molecule has 1 aromatic rings. The third-order valence-electron chi connectivity index (χ3n) is 4.96. The molecule has 144 valence electrons. The number of hydrogen-bond acceptors (Lipinski definition) is 6. The van der Waals surface area contributed by atoms with Gasteiger partial charge >= 0.3 is 12.1 Å². The fourth-order valence-electron chi connectivity index (χ4n) is 3.48. The number of ether oxygens (including phenoxy) is 2. The van der Waals surface area contributed by atoms with Crippen LogP contribution in [-0.2, 0) is 22.6 Å². The van der Waals surface area contributed by atoms with Crippen molar-refractivity contribution < 1.29 is 19.1 Å². The Kier molecular flexibility index (Phi) is 5.60. The van der Waals surface area contributed by atoms with E-state index in [0.717, 1.165) is 12.8 Å². The lowest BCUT2D eigenvalue weighted by molar-refractivity contribution is 0.0453. The van der Waals surface area contributed by atoms with Crippen LogP contribution >= 0.6 is 0 Å². The molecule has 1 N–H and O–H groups in total. The van der Waals surface area contributed by atoms with Gasteiger partial charge in [0.15, 0.2) is 5.82 Å². The first kappa shape index (κ1) is 18.4. The Morgan fingerprint density at radius 3 is 3.00 bits per heavy atom. The van der Waals surface area contributed by atoms with Gasteiger partial charge in [0.2, 0.25) is 0 Å². The summed E-state index contributed by atoms with van der Waals surface area (Å²) < 4.78 is 12.5. The van der Waals surface area contributed by atoms with Crippen LogP contribution in [0.5, 0.6) is 0 Å². The Hall–Kier alpha value is -2.36. The number of carbonyl (C=O) groups is 2. The number of hydrogen-bond donors (Lipinski definition) is 1. The molecule has 0 aliphatic carbocycles. The van der Waals surface area contributed by atoms with Crippen LogP contribution in [0.1, 0.15) is 25.1 Å². The summed E-state index contributed by atoms with van der Waals surface area (Å²) in [6, 6.07) is -0.138. The normalized spacial score (nSPS) is 23.2. The molecule has 0 saturated carbocycles. The van der Waals surface area contributed by atoms with E-state index < -0.39 is 5.60 Å². The maximum atomic E-state index is 12.5. The van der Waals surface area contributed by atoms with Gasteiger partial charge in [-0.15, -0.1) is 10.2 Å². The number of nitrogens with zero attached hydrogens (tertiary/aromatic N) is 5. The third kappa shape index (κ3) is 4.06. The van der Waals surface area contributed by atoms with Crippen LogP contribution in [0, 0.1) is 0 Å². The number of likely N-dealkylation sites (N-methyl/N-ethyl adjacent to an activating group) is 1. The predicted octanol–water partition coefficient (Wildman–Crippen LogP) is 0.441. The zero-order valence-corrected chi connectivity index (χ0v) is 15.3. The largest absolute Gasteiger partial charge is 0.441 e. The van der Waals surface area contributed by atoms with E-state index in [9.17, 15) is 9.59 Å². The second-order valence-corrected chi connectivity index (χ2v) is 6.84. The Labute approximate surface area is 152 Å². The number of aromatic nitrogens is 3. The first-order valence-electron chi connectivity index (χ1n) is 8.85. The third-order valence-corrected chi connectivity index (χ3v) is 4.96. The van der Waals surface area contributed by atoms with Crippen LogP contribution in [0.3, 0.4) is 0 Å². The Morgan fingerprint density at radius 2 is 2.27 bits per heavy atom. The van der Waals surface area contributed by atoms with E-state index >= 15 is 0 Å². The van der Waals surface area contributed by atoms with E-state index in [1.165, 1.54) is 0 Å². The number of methoxy groups -OCH3 is 1. The molecule has 0 radical (unpaired) electrons. The molecule has 1 spiro atoms. The summed E-state index contributed by atoms with van der Waals surface area (Å²) in [6.07, 6.45) is 3.58. The predicted molar refractivity (Wildman–Crippen MR) is 91.4 cm³/mol. The average Bonchev–Trinajstić information content (AvgIpc) is 3.11. The summed E-state index contributed by atoms with van der Waals surface area (Å²) >= 11 is 0. The number of carbonyl (C=O) groups excluding carboxylic acids is 2. The van der Waals surface area contributed by atoms with Crippen molar-refractivity contribution >= 4 is 12.1 Å². The van der Waals surface area contributed by atoms with E-state index in [2.05, 4.69) is 15.5 Å². The maximum absolute atomic E-state index is 12.5. The summed E-state index contributed by atoms with van der Waals surface area (Å²) in [5, 5.41) is 10.8. The van der Waals surface area contributed by atoms with E-state index in [1.807, 2.05) is 4.57 Å². The molecule has 10 heteroatoms. The molecular weight excluding hydrogens is 340 g/mol. The van der Waals surface area contributed by atoms with E-state index in [-0.39, 0.29) is 12.1 Å². The van der Waals surface area contributed by atoms with E-state index in [0.29, 0.717) is 51.6 Å². The van der Waals surface area contributed by atoms with Crippen molar-refractivity contribution in [3.8, 4) is 0 Å².